The van der Waals surface area contributed by atoms with E-state index in [0.29, 0.717) is 25.9 Å². The Kier molecular flexibility index (Phi) is 7.26. The molecule has 0 aromatic heterocycles. The molecule has 0 aromatic rings. The fourth-order valence-corrected chi connectivity index (χ4v) is 6.03. The molecule has 0 radical (unpaired) electrons. The molecule has 0 N–H and O–H groups in total. The molecule has 0 aliphatic carbocycles. The summed E-state index contributed by atoms with van der Waals surface area (Å²) in [6.45, 7) is 4.22. The first-order valence-electron chi connectivity index (χ1n) is 8.99. The molecule has 0 aromatic carbocycles. The average molecular weight is 397 g/mol. The molecule has 0 spiro atoms. The van der Waals surface area contributed by atoms with E-state index < -0.39 is 20.2 Å². The van der Waals surface area contributed by atoms with Crippen molar-refractivity contribution in [2.24, 2.45) is 0 Å². The van der Waals surface area contributed by atoms with Gasteiger partial charge < -0.3 is 4.90 Å². The predicted octanol–water partition coefficient (Wildman–Crippen LogP) is 0.00470. The topological polar surface area (TPSA) is 81.2 Å². The molecule has 1 atom stereocenters. The summed E-state index contributed by atoms with van der Waals surface area (Å²) in [5.74, 6) is 0. The molecule has 2 heterocycles. The SMILES string of the molecule is CN(C)S(=O)(=O)N1CCCC(N(CCCN2CCCC2)S(C)(=O)=O)C1. The minimum absolute atomic E-state index is 0.233. The number of rotatable bonds is 8. The van der Waals surface area contributed by atoms with Crippen molar-refractivity contribution >= 4 is 20.2 Å². The van der Waals surface area contributed by atoms with Gasteiger partial charge in [-0.1, -0.05) is 0 Å². The Morgan fingerprint density at radius 3 is 2.20 bits per heavy atom. The molecule has 0 bridgehead atoms. The summed E-state index contributed by atoms with van der Waals surface area (Å²) < 4.78 is 53.4. The van der Waals surface area contributed by atoms with E-state index in [1.54, 1.807) is 0 Å². The van der Waals surface area contributed by atoms with Gasteiger partial charge >= 0.3 is 0 Å². The summed E-state index contributed by atoms with van der Waals surface area (Å²) in [6, 6.07) is -0.281. The van der Waals surface area contributed by atoms with E-state index in [0.717, 1.165) is 26.1 Å². The van der Waals surface area contributed by atoms with E-state index in [1.807, 2.05) is 0 Å². The first-order valence-corrected chi connectivity index (χ1v) is 12.2. The van der Waals surface area contributed by atoms with Crippen LogP contribution in [0.2, 0.25) is 0 Å². The van der Waals surface area contributed by atoms with Crippen LogP contribution in [-0.4, -0.2) is 100 Å². The molecule has 2 rings (SSSR count). The van der Waals surface area contributed by atoms with Crippen molar-refractivity contribution in [2.45, 2.75) is 38.1 Å². The Hall–Kier alpha value is -0.260. The molecule has 2 fully saturated rings. The zero-order valence-electron chi connectivity index (χ0n) is 15.6. The van der Waals surface area contributed by atoms with Gasteiger partial charge in [-0.05, 0) is 51.7 Å². The highest BCUT2D eigenvalue weighted by molar-refractivity contribution is 7.88. The third kappa shape index (κ3) is 5.61. The van der Waals surface area contributed by atoms with Gasteiger partial charge in [0, 0.05) is 39.8 Å². The second kappa shape index (κ2) is 8.62. The summed E-state index contributed by atoms with van der Waals surface area (Å²) >= 11 is 0. The molecule has 2 aliphatic rings. The van der Waals surface area contributed by atoms with Crippen LogP contribution in [0.4, 0.5) is 0 Å². The number of nitrogens with zero attached hydrogens (tertiary/aromatic N) is 4. The van der Waals surface area contributed by atoms with Crippen LogP contribution < -0.4 is 0 Å². The zero-order valence-corrected chi connectivity index (χ0v) is 17.2. The summed E-state index contributed by atoms with van der Waals surface area (Å²) in [5, 5.41) is 0. The Balaban J connectivity index is 2.01. The van der Waals surface area contributed by atoms with Crippen molar-refractivity contribution in [2.75, 3.05) is 59.6 Å². The van der Waals surface area contributed by atoms with Crippen molar-refractivity contribution in [3.05, 3.63) is 0 Å². The molecule has 0 saturated carbocycles. The van der Waals surface area contributed by atoms with Gasteiger partial charge in [-0.3, -0.25) is 0 Å². The zero-order chi connectivity index (χ0) is 18.7. The monoisotopic (exact) mass is 396 g/mol. The number of sulfonamides is 1. The van der Waals surface area contributed by atoms with E-state index in [4.69, 9.17) is 0 Å². The molecule has 8 nitrogen and oxygen atoms in total. The second-order valence-corrected chi connectivity index (χ2v) is 11.3. The predicted molar refractivity (Wildman–Crippen MR) is 99.0 cm³/mol. The highest BCUT2D eigenvalue weighted by Gasteiger charge is 2.35. The molecule has 1 unspecified atom stereocenters. The van der Waals surface area contributed by atoms with Crippen molar-refractivity contribution in [1.82, 2.24) is 17.8 Å². The third-order valence-corrected chi connectivity index (χ3v) is 8.27. The maximum Gasteiger partial charge on any atom is 0.281 e. The Bertz CT molecular complexity index is 630. The normalized spacial score (nSPS) is 24.4. The van der Waals surface area contributed by atoms with Gasteiger partial charge in [-0.15, -0.1) is 0 Å². The highest BCUT2D eigenvalue weighted by Crippen LogP contribution is 2.22. The molecule has 2 aliphatic heterocycles. The molecular formula is C15H32N4O4S2. The van der Waals surface area contributed by atoms with E-state index >= 15 is 0 Å². The molecular weight excluding hydrogens is 364 g/mol. The van der Waals surface area contributed by atoms with Gasteiger partial charge in [0.15, 0.2) is 0 Å². The minimum atomic E-state index is -3.51. The van der Waals surface area contributed by atoms with Crippen LogP contribution in [0.25, 0.3) is 0 Å². The number of hydrogen-bond acceptors (Lipinski definition) is 5. The van der Waals surface area contributed by atoms with E-state index in [2.05, 4.69) is 4.90 Å². The van der Waals surface area contributed by atoms with E-state index in [1.165, 1.54) is 46.1 Å². The summed E-state index contributed by atoms with van der Waals surface area (Å²) in [4.78, 5) is 2.37. The van der Waals surface area contributed by atoms with Crippen LogP contribution in [-0.2, 0) is 20.2 Å². The van der Waals surface area contributed by atoms with Gasteiger partial charge in [-0.25, -0.2) is 8.42 Å². The van der Waals surface area contributed by atoms with Crippen LogP contribution in [0.5, 0.6) is 0 Å². The second-order valence-electron chi connectivity index (χ2n) is 7.22. The summed E-state index contributed by atoms with van der Waals surface area (Å²) in [5.41, 5.74) is 0. The fraction of sp³-hybridized carbons (Fsp3) is 1.00. The van der Waals surface area contributed by atoms with Crippen LogP contribution in [0.3, 0.4) is 0 Å². The smallest absolute Gasteiger partial charge is 0.281 e. The van der Waals surface area contributed by atoms with E-state index in [-0.39, 0.29) is 12.6 Å². The van der Waals surface area contributed by atoms with Gasteiger partial charge in [0.05, 0.1) is 6.26 Å². The molecule has 148 valence electrons. The van der Waals surface area contributed by atoms with Gasteiger partial charge in [0.2, 0.25) is 10.0 Å². The maximum atomic E-state index is 12.4. The highest BCUT2D eigenvalue weighted by atomic mass is 32.2. The lowest BCUT2D eigenvalue weighted by Crippen LogP contribution is -2.53. The molecule has 2 saturated heterocycles. The quantitative estimate of drug-likeness (QED) is 0.577. The van der Waals surface area contributed by atoms with E-state index in [9.17, 15) is 16.8 Å². The Morgan fingerprint density at radius 2 is 1.64 bits per heavy atom. The van der Waals surface area contributed by atoms with Crippen LogP contribution >= 0.6 is 0 Å². The summed E-state index contributed by atoms with van der Waals surface area (Å²) in [6.07, 6.45) is 5.82. The first kappa shape index (κ1) is 21.0. The number of hydrogen-bond donors (Lipinski definition) is 0. The van der Waals surface area contributed by atoms with Gasteiger partial charge in [0.25, 0.3) is 10.2 Å². The van der Waals surface area contributed by atoms with Crippen LogP contribution in [0.15, 0.2) is 0 Å². The molecule has 10 heteroatoms. The lowest BCUT2D eigenvalue weighted by molar-refractivity contribution is 0.198. The van der Waals surface area contributed by atoms with Crippen molar-refractivity contribution in [3.63, 3.8) is 0 Å². The first-order chi connectivity index (χ1) is 11.6. The standard InChI is InChI=1S/C15H32N4O4S2/c1-16(2)25(22,23)18-12-6-8-15(14-18)19(24(3,20)21)13-7-11-17-9-4-5-10-17/h15H,4-14H2,1-3H3. The van der Waals surface area contributed by atoms with Crippen LogP contribution in [0, 0.1) is 0 Å². The molecule has 25 heavy (non-hydrogen) atoms. The lowest BCUT2D eigenvalue weighted by Gasteiger charge is -2.38. The number of likely N-dealkylation sites (tertiary alicyclic amines) is 1. The third-order valence-electron chi connectivity index (χ3n) is 5.03. The fourth-order valence-electron chi connectivity index (χ4n) is 3.67. The largest absolute Gasteiger partial charge is 0.303 e. The van der Waals surface area contributed by atoms with Crippen molar-refractivity contribution < 1.29 is 16.8 Å². The van der Waals surface area contributed by atoms with Gasteiger partial charge in [0.1, 0.15) is 0 Å². The van der Waals surface area contributed by atoms with Gasteiger partial charge in [-0.2, -0.15) is 21.3 Å². The van der Waals surface area contributed by atoms with Crippen molar-refractivity contribution in [3.8, 4) is 0 Å². The summed E-state index contributed by atoms with van der Waals surface area (Å²) in [7, 11) is -3.87. The maximum absolute atomic E-state index is 12.4. The Labute approximate surface area is 153 Å². The van der Waals surface area contributed by atoms with Crippen LogP contribution in [0.1, 0.15) is 32.1 Å². The average Bonchev–Trinajstić information content (AvgIpc) is 3.03. The Morgan fingerprint density at radius 1 is 1.00 bits per heavy atom. The lowest BCUT2D eigenvalue weighted by atomic mass is 10.1. The minimum Gasteiger partial charge on any atom is -0.303 e. The van der Waals surface area contributed by atoms with Crippen molar-refractivity contribution in [1.29, 1.82) is 0 Å². The number of piperidine rings is 1. The molecule has 0 amide bonds.